The minimum Gasteiger partial charge on any atom is -0.494 e. The van der Waals surface area contributed by atoms with E-state index in [2.05, 4.69) is 15.3 Å². The van der Waals surface area contributed by atoms with Gasteiger partial charge in [-0.05, 0) is 12.0 Å². The van der Waals surface area contributed by atoms with Crippen LogP contribution in [0.25, 0.3) is 11.3 Å². The number of anilines is 1. The Morgan fingerprint density at radius 3 is 2.55 bits per heavy atom. The van der Waals surface area contributed by atoms with Gasteiger partial charge in [0, 0.05) is 17.8 Å². The van der Waals surface area contributed by atoms with Crippen LogP contribution >= 0.6 is 0 Å². The second-order valence-corrected chi connectivity index (χ2v) is 4.95. The number of amides is 1. The molecule has 0 radical (unpaired) electrons. The molecular formula is C15H16FN3O3. The Bertz CT molecular complexity index is 687. The van der Waals surface area contributed by atoms with Gasteiger partial charge in [0.15, 0.2) is 5.75 Å². The Labute approximate surface area is 127 Å². The first kappa shape index (κ1) is 15.7. The zero-order valence-corrected chi connectivity index (χ0v) is 12.4. The van der Waals surface area contributed by atoms with Gasteiger partial charge in [-0.2, -0.15) is 0 Å². The van der Waals surface area contributed by atoms with E-state index in [-0.39, 0.29) is 17.4 Å². The van der Waals surface area contributed by atoms with Gasteiger partial charge in [0.1, 0.15) is 5.82 Å². The lowest BCUT2D eigenvalue weighted by Gasteiger charge is -2.13. The first-order valence-corrected chi connectivity index (χ1v) is 6.62. The molecule has 0 saturated heterocycles. The highest BCUT2D eigenvalue weighted by Crippen LogP contribution is 2.36. The number of methoxy groups -OCH3 is 1. The van der Waals surface area contributed by atoms with Crippen molar-refractivity contribution in [2.24, 2.45) is 0 Å². The van der Waals surface area contributed by atoms with E-state index < -0.39 is 11.9 Å². The van der Waals surface area contributed by atoms with Crippen LogP contribution in [0, 0.1) is 5.82 Å². The average molecular weight is 305 g/mol. The highest BCUT2D eigenvalue weighted by molar-refractivity contribution is 5.88. The molecule has 0 aliphatic rings. The first-order chi connectivity index (χ1) is 10.4. The van der Waals surface area contributed by atoms with Crippen LogP contribution < -0.4 is 10.1 Å². The number of hydrogen-bond acceptors (Lipinski definition) is 4. The number of nitrogens with zero attached hydrogens (tertiary/aromatic N) is 2. The molecule has 6 nitrogen and oxygen atoms in total. The Morgan fingerprint density at radius 1 is 1.32 bits per heavy atom. The predicted molar refractivity (Wildman–Crippen MR) is 79.7 cm³/mol. The van der Waals surface area contributed by atoms with E-state index in [0.29, 0.717) is 11.3 Å². The zero-order valence-electron chi connectivity index (χ0n) is 12.4. The summed E-state index contributed by atoms with van der Waals surface area (Å²) in [6.07, 6.45) is 1.81. The SMILES string of the molecule is COc1c(NC(=O)O)cc(F)cc1-c1cnc(C(C)C)cn1. The second-order valence-electron chi connectivity index (χ2n) is 4.95. The summed E-state index contributed by atoms with van der Waals surface area (Å²) >= 11 is 0. The summed E-state index contributed by atoms with van der Waals surface area (Å²) in [6.45, 7) is 3.97. The van der Waals surface area contributed by atoms with Crippen molar-refractivity contribution in [1.82, 2.24) is 9.97 Å². The van der Waals surface area contributed by atoms with E-state index >= 15 is 0 Å². The van der Waals surface area contributed by atoms with Crippen molar-refractivity contribution in [3.8, 4) is 17.0 Å². The lowest BCUT2D eigenvalue weighted by Crippen LogP contribution is -2.09. The second kappa shape index (κ2) is 6.38. The molecule has 116 valence electrons. The average Bonchev–Trinajstić information content (AvgIpc) is 2.46. The van der Waals surface area contributed by atoms with Crippen LogP contribution in [0.4, 0.5) is 14.9 Å². The monoisotopic (exact) mass is 305 g/mol. The highest BCUT2D eigenvalue weighted by atomic mass is 19.1. The molecule has 0 spiro atoms. The Hall–Kier alpha value is -2.70. The summed E-state index contributed by atoms with van der Waals surface area (Å²) < 4.78 is 19.0. The van der Waals surface area contributed by atoms with Crippen LogP contribution in [0.2, 0.25) is 0 Å². The van der Waals surface area contributed by atoms with Gasteiger partial charge in [-0.3, -0.25) is 15.3 Å². The first-order valence-electron chi connectivity index (χ1n) is 6.62. The smallest absolute Gasteiger partial charge is 0.409 e. The summed E-state index contributed by atoms with van der Waals surface area (Å²) in [5.74, 6) is -0.190. The van der Waals surface area contributed by atoms with Gasteiger partial charge in [0.05, 0.1) is 30.4 Å². The molecule has 22 heavy (non-hydrogen) atoms. The van der Waals surface area contributed by atoms with Crippen LogP contribution in [0.3, 0.4) is 0 Å². The number of benzene rings is 1. The molecule has 7 heteroatoms. The molecule has 2 rings (SSSR count). The van der Waals surface area contributed by atoms with Crippen molar-refractivity contribution >= 4 is 11.8 Å². The van der Waals surface area contributed by atoms with E-state index in [9.17, 15) is 9.18 Å². The van der Waals surface area contributed by atoms with E-state index in [0.717, 1.165) is 11.8 Å². The highest BCUT2D eigenvalue weighted by Gasteiger charge is 2.17. The van der Waals surface area contributed by atoms with Gasteiger partial charge < -0.3 is 9.84 Å². The summed E-state index contributed by atoms with van der Waals surface area (Å²) in [5, 5.41) is 10.9. The number of carboxylic acid groups (broad SMARTS) is 1. The van der Waals surface area contributed by atoms with Crippen molar-refractivity contribution < 1.29 is 19.0 Å². The molecule has 0 unspecified atom stereocenters. The molecule has 1 heterocycles. The minimum absolute atomic E-state index is 0.0136. The molecule has 2 aromatic rings. The summed E-state index contributed by atoms with van der Waals surface area (Å²) in [7, 11) is 1.37. The number of ether oxygens (including phenoxy) is 1. The zero-order chi connectivity index (χ0) is 16.3. The minimum atomic E-state index is -1.31. The Balaban J connectivity index is 2.53. The largest absolute Gasteiger partial charge is 0.494 e. The summed E-state index contributed by atoms with van der Waals surface area (Å²) in [5.41, 5.74) is 1.55. The van der Waals surface area contributed by atoms with Crippen LogP contribution in [0.5, 0.6) is 5.75 Å². The van der Waals surface area contributed by atoms with Gasteiger partial charge in [-0.15, -0.1) is 0 Å². The molecule has 0 atom stereocenters. The number of carbonyl (C=O) groups is 1. The van der Waals surface area contributed by atoms with E-state index in [1.165, 1.54) is 19.4 Å². The molecule has 0 fully saturated rings. The molecule has 1 aromatic carbocycles. The van der Waals surface area contributed by atoms with Gasteiger partial charge >= 0.3 is 6.09 Å². The van der Waals surface area contributed by atoms with Crippen molar-refractivity contribution in [2.75, 3.05) is 12.4 Å². The van der Waals surface area contributed by atoms with Gasteiger partial charge in [-0.1, -0.05) is 13.8 Å². The fraction of sp³-hybridized carbons (Fsp3) is 0.267. The van der Waals surface area contributed by atoms with Gasteiger partial charge in [0.25, 0.3) is 0 Å². The maximum absolute atomic E-state index is 13.8. The number of aromatic nitrogens is 2. The fourth-order valence-electron chi connectivity index (χ4n) is 1.99. The summed E-state index contributed by atoms with van der Waals surface area (Å²) in [4.78, 5) is 19.3. The van der Waals surface area contributed by atoms with E-state index in [4.69, 9.17) is 9.84 Å². The predicted octanol–water partition coefficient (Wildman–Crippen LogP) is 3.50. The number of hydrogen-bond donors (Lipinski definition) is 2. The van der Waals surface area contributed by atoms with Gasteiger partial charge in [-0.25, -0.2) is 9.18 Å². The summed E-state index contributed by atoms with van der Waals surface area (Å²) in [6, 6.07) is 2.28. The molecular weight excluding hydrogens is 289 g/mol. The van der Waals surface area contributed by atoms with Crippen LogP contribution in [0.15, 0.2) is 24.5 Å². The number of nitrogens with one attached hydrogen (secondary N) is 1. The van der Waals surface area contributed by atoms with Crippen molar-refractivity contribution in [3.05, 3.63) is 36.0 Å². The molecule has 1 amide bonds. The van der Waals surface area contributed by atoms with Crippen LogP contribution in [-0.2, 0) is 0 Å². The maximum Gasteiger partial charge on any atom is 0.409 e. The molecule has 0 aliphatic carbocycles. The van der Waals surface area contributed by atoms with Crippen molar-refractivity contribution in [3.63, 3.8) is 0 Å². The third kappa shape index (κ3) is 3.30. The normalized spacial score (nSPS) is 10.6. The van der Waals surface area contributed by atoms with Crippen molar-refractivity contribution in [2.45, 2.75) is 19.8 Å². The molecule has 0 aliphatic heterocycles. The topological polar surface area (TPSA) is 84.3 Å². The van der Waals surface area contributed by atoms with Crippen molar-refractivity contribution in [1.29, 1.82) is 0 Å². The fourth-order valence-corrected chi connectivity index (χ4v) is 1.99. The lowest BCUT2D eigenvalue weighted by atomic mass is 10.1. The molecule has 0 saturated carbocycles. The van der Waals surface area contributed by atoms with Crippen LogP contribution in [0.1, 0.15) is 25.5 Å². The third-order valence-electron chi connectivity index (χ3n) is 3.04. The quantitative estimate of drug-likeness (QED) is 0.903. The number of halogens is 1. The van der Waals surface area contributed by atoms with E-state index in [1.807, 2.05) is 13.8 Å². The molecule has 1 aromatic heterocycles. The Kier molecular flexibility index (Phi) is 4.55. The number of rotatable bonds is 4. The van der Waals surface area contributed by atoms with Gasteiger partial charge in [0.2, 0.25) is 0 Å². The molecule has 2 N–H and O–H groups in total. The van der Waals surface area contributed by atoms with E-state index in [1.54, 1.807) is 6.20 Å². The van der Waals surface area contributed by atoms with Crippen LogP contribution in [-0.4, -0.2) is 28.3 Å². The standard InChI is InChI=1S/C15H16FN3O3/c1-8(2)12-6-18-13(7-17-12)10-4-9(16)5-11(14(10)22-3)19-15(20)21/h4-8,19H,1-3H3,(H,20,21). The Morgan fingerprint density at radius 2 is 2.05 bits per heavy atom. The third-order valence-corrected chi connectivity index (χ3v) is 3.04. The lowest BCUT2D eigenvalue weighted by molar-refractivity contribution is 0.209. The maximum atomic E-state index is 13.8. The molecule has 0 bridgehead atoms.